The molecule has 0 aliphatic carbocycles. The van der Waals surface area contributed by atoms with Gasteiger partial charge in [-0.2, -0.15) is 0 Å². The molecule has 11 heteroatoms. The summed E-state index contributed by atoms with van der Waals surface area (Å²) in [5.41, 5.74) is 5.47. The maximum absolute atomic E-state index is 13.7. The molecule has 2 aromatic carbocycles. The summed E-state index contributed by atoms with van der Waals surface area (Å²) in [5.74, 6) is -1.19. The molecular formula is C34H28F2N4O4S. The molecule has 2 aliphatic heterocycles. The lowest BCUT2D eigenvalue weighted by atomic mass is 9.99. The summed E-state index contributed by atoms with van der Waals surface area (Å²) in [4.78, 5) is 20.2. The number of allylic oxidation sites excluding steroid dienone is 5. The number of fused-ring (bicyclic) bond motifs is 4. The first-order chi connectivity index (χ1) is 21.5. The molecule has 6 rings (SSSR count). The van der Waals surface area contributed by atoms with Crippen LogP contribution in [0.15, 0.2) is 102 Å². The third-order valence-corrected chi connectivity index (χ3v) is 8.88. The second kappa shape index (κ2) is 11.3. The van der Waals surface area contributed by atoms with E-state index in [-0.39, 0.29) is 16.9 Å². The maximum Gasteiger partial charge on any atom is 0.255 e. The number of carbonyl (C=O) groups excluding carboxylic acids is 1. The average Bonchev–Trinajstić information content (AvgIpc) is 3.60. The van der Waals surface area contributed by atoms with E-state index in [1.807, 2.05) is 29.3 Å². The molecule has 4 heterocycles. The highest BCUT2D eigenvalue weighted by molar-refractivity contribution is 7.92. The molecule has 0 radical (unpaired) electrons. The highest BCUT2D eigenvalue weighted by Crippen LogP contribution is 2.43. The number of nitrogens with one attached hydrogen (secondary N) is 1. The van der Waals surface area contributed by atoms with E-state index in [4.69, 9.17) is 9.40 Å². The van der Waals surface area contributed by atoms with Gasteiger partial charge in [0.05, 0.1) is 34.6 Å². The van der Waals surface area contributed by atoms with E-state index in [0.29, 0.717) is 40.0 Å². The number of sulfonamides is 1. The lowest BCUT2D eigenvalue weighted by Crippen LogP contribution is -2.25. The van der Waals surface area contributed by atoms with Crippen molar-refractivity contribution in [3.63, 3.8) is 0 Å². The van der Waals surface area contributed by atoms with Crippen LogP contribution >= 0.6 is 0 Å². The number of amides is 1. The fourth-order valence-electron chi connectivity index (χ4n) is 5.40. The van der Waals surface area contributed by atoms with Crippen LogP contribution in [-0.4, -0.2) is 44.6 Å². The number of carbonyl (C=O) groups is 1. The standard InChI is InChI=1S/C34H28F2N4O4S/c1-20(35)6-5-7-24-13-15-28-32-21(16-17-40(24)28)10-14-27(38-32)25-18-26-30(19-29(25)39(3)45(4,42)43)44-33(31(26)34(41)37-2)22-8-11-23(36)12-9-22/h5-12,14-19H,1,13H2,2-4H3,(H,37,41)/b6-5-,24-7+. The number of benzene rings is 2. The van der Waals surface area contributed by atoms with Crippen molar-refractivity contribution in [2.24, 2.45) is 0 Å². The van der Waals surface area contributed by atoms with E-state index in [1.165, 1.54) is 44.4 Å². The topological polar surface area (TPSA) is 95.7 Å². The number of hydrogen-bond acceptors (Lipinski definition) is 6. The van der Waals surface area contributed by atoms with Crippen LogP contribution in [-0.2, 0) is 10.0 Å². The van der Waals surface area contributed by atoms with Crippen LogP contribution < -0.4 is 9.62 Å². The predicted molar refractivity (Wildman–Crippen MR) is 172 cm³/mol. The highest BCUT2D eigenvalue weighted by Gasteiger charge is 2.29. The van der Waals surface area contributed by atoms with Crippen molar-refractivity contribution in [3.8, 4) is 22.6 Å². The zero-order valence-corrected chi connectivity index (χ0v) is 25.5. The van der Waals surface area contributed by atoms with Crippen molar-refractivity contribution in [2.75, 3.05) is 24.7 Å². The van der Waals surface area contributed by atoms with Crippen molar-refractivity contribution in [1.29, 1.82) is 0 Å². The van der Waals surface area contributed by atoms with Crippen molar-refractivity contribution in [1.82, 2.24) is 15.2 Å². The van der Waals surface area contributed by atoms with Crippen LogP contribution in [0.1, 0.15) is 28.0 Å². The molecule has 0 atom stereocenters. The van der Waals surface area contributed by atoms with Gasteiger partial charge in [-0.15, -0.1) is 0 Å². The Kier molecular flexibility index (Phi) is 7.49. The summed E-state index contributed by atoms with van der Waals surface area (Å²) < 4.78 is 59.7. The molecule has 228 valence electrons. The van der Waals surface area contributed by atoms with Crippen LogP contribution in [0.5, 0.6) is 0 Å². The molecule has 4 aromatic rings. The Morgan fingerprint density at radius 2 is 1.93 bits per heavy atom. The summed E-state index contributed by atoms with van der Waals surface area (Å²) in [6, 6.07) is 12.5. The second-order valence-corrected chi connectivity index (χ2v) is 12.6. The third kappa shape index (κ3) is 5.46. The number of aromatic nitrogens is 1. The largest absolute Gasteiger partial charge is 0.455 e. The van der Waals surface area contributed by atoms with Gasteiger partial charge in [-0.1, -0.05) is 24.8 Å². The van der Waals surface area contributed by atoms with Crippen LogP contribution in [0.3, 0.4) is 0 Å². The number of hydrogen-bond donors (Lipinski definition) is 1. The van der Waals surface area contributed by atoms with E-state index in [0.717, 1.165) is 27.5 Å². The number of rotatable bonds is 7. The molecule has 2 aromatic heterocycles. The Bertz CT molecular complexity index is 2130. The second-order valence-electron chi connectivity index (χ2n) is 10.6. The normalized spacial score (nSPS) is 15.0. The van der Waals surface area contributed by atoms with Gasteiger partial charge in [-0.25, -0.2) is 22.2 Å². The van der Waals surface area contributed by atoms with E-state index >= 15 is 0 Å². The highest BCUT2D eigenvalue weighted by atomic mass is 32.2. The van der Waals surface area contributed by atoms with E-state index in [1.54, 1.807) is 30.4 Å². The van der Waals surface area contributed by atoms with Crippen molar-refractivity contribution in [3.05, 3.63) is 120 Å². The van der Waals surface area contributed by atoms with Gasteiger partial charge >= 0.3 is 0 Å². The lowest BCUT2D eigenvalue weighted by Gasteiger charge is -2.25. The molecule has 0 saturated heterocycles. The summed E-state index contributed by atoms with van der Waals surface area (Å²) in [6.45, 7) is 3.25. The first-order valence-electron chi connectivity index (χ1n) is 13.9. The Morgan fingerprint density at radius 3 is 2.62 bits per heavy atom. The van der Waals surface area contributed by atoms with E-state index in [2.05, 4.69) is 11.9 Å². The number of halogens is 2. The Hall–Kier alpha value is -5.29. The molecule has 2 aliphatic rings. The smallest absolute Gasteiger partial charge is 0.255 e. The summed E-state index contributed by atoms with van der Waals surface area (Å²) in [5, 5.41) is 3.07. The average molecular weight is 627 g/mol. The summed E-state index contributed by atoms with van der Waals surface area (Å²) in [6.07, 6.45) is 12.2. The van der Waals surface area contributed by atoms with Crippen molar-refractivity contribution in [2.45, 2.75) is 6.42 Å². The minimum Gasteiger partial charge on any atom is -0.455 e. The van der Waals surface area contributed by atoms with E-state index in [9.17, 15) is 22.0 Å². The zero-order valence-electron chi connectivity index (χ0n) is 24.6. The number of anilines is 1. The fourth-order valence-corrected chi connectivity index (χ4v) is 5.91. The van der Waals surface area contributed by atoms with Gasteiger partial charge in [0.2, 0.25) is 10.0 Å². The Balaban J connectivity index is 1.54. The molecule has 45 heavy (non-hydrogen) atoms. The van der Waals surface area contributed by atoms with Gasteiger partial charge in [0, 0.05) is 60.6 Å². The fraction of sp³-hybridized carbons (Fsp3) is 0.118. The Labute approximate surface area is 259 Å². The SMILES string of the molecule is C=C(F)/C=C\C=C1/CC=C2c3nc(-c4cc5c(C(=O)NC)c(-c6ccc(F)cc6)oc5cc4N(C)S(C)(=O)=O)ccc3C=CN21. The first kappa shape index (κ1) is 29.8. The Morgan fingerprint density at radius 1 is 1.18 bits per heavy atom. The lowest BCUT2D eigenvalue weighted by molar-refractivity contribution is 0.0964. The number of nitrogens with zero attached hydrogens (tertiary/aromatic N) is 3. The van der Waals surface area contributed by atoms with Gasteiger partial charge in [-0.05, 0) is 54.6 Å². The monoisotopic (exact) mass is 626 g/mol. The zero-order chi connectivity index (χ0) is 32.0. The first-order valence-corrected chi connectivity index (χ1v) is 15.7. The van der Waals surface area contributed by atoms with Crippen LogP contribution in [0.4, 0.5) is 14.5 Å². The van der Waals surface area contributed by atoms with Gasteiger partial charge in [0.1, 0.15) is 23.0 Å². The van der Waals surface area contributed by atoms with Gasteiger partial charge in [-0.3, -0.25) is 9.10 Å². The quantitative estimate of drug-likeness (QED) is 0.222. The molecule has 0 unspecified atom stereocenters. The van der Waals surface area contributed by atoms with Crippen molar-refractivity contribution < 1.29 is 26.4 Å². The van der Waals surface area contributed by atoms with Crippen LogP contribution in [0.2, 0.25) is 0 Å². The predicted octanol–water partition coefficient (Wildman–Crippen LogP) is 7.01. The van der Waals surface area contributed by atoms with Crippen LogP contribution in [0.25, 0.3) is 45.3 Å². The molecular weight excluding hydrogens is 598 g/mol. The van der Waals surface area contributed by atoms with Gasteiger partial charge < -0.3 is 14.6 Å². The number of pyridine rings is 1. The van der Waals surface area contributed by atoms with Crippen molar-refractivity contribution >= 4 is 44.4 Å². The molecule has 0 spiro atoms. The molecule has 0 bridgehead atoms. The van der Waals surface area contributed by atoms with Gasteiger partial charge in [0.15, 0.2) is 0 Å². The number of furan rings is 1. The van der Waals surface area contributed by atoms with Crippen LogP contribution in [0, 0.1) is 5.82 Å². The van der Waals surface area contributed by atoms with Gasteiger partial charge in [0.25, 0.3) is 5.91 Å². The molecule has 0 fully saturated rings. The minimum absolute atomic E-state index is 0.217. The molecule has 1 amide bonds. The molecule has 0 saturated carbocycles. The molecule has 1 N–H and O–H groups in total. The summed E-state index contributed by atoms with van der Waals surface area (Å²) in [7, 11) is -0.797. The summed E-state index contributed by atoms with van der Waals surface area (Å²) >= 11 is 0. The minimum atomic E-state index is -3.72. The van der Waals surface area contributed by atoms with E-state index < -0.39 is 27.6 Å². The maximum atomic E-state index is 13.7. The molecule has 8 nitrogen and oxygen atoms in total. The third-order valence-electron chi connectivity index (χ3n) is 7.69.